The molecule has 25 heavy (non-hydrogen) atoms. The van der Waals surface area contributed by atoms with Crippen molar-refractivity contribution < 1.29 is 14.4 Å². The molecule has 4 aliphatic carbocycles. The van der Waals surface area contributed by atoms with E-state index in [4.69, 9.17) is 0 Å². The highest BCUT2D eigenvalue weighted by atomic mass is 16.1. The first-order valence-electron chi connectivity index (χ1n) is 9.96. The van der Waals surface area contributed by atoms with E-state index in [0.717, 1.165) is 25.7 Å². The summed E-state index contributed by atoms with van der Waals surface area (Å²) in [5.74, 6) is 2.15. The van der Waals surface area contributed by atoms with E-state index < -0.39 is 0 Å². The van der Waals surface area contributed by atoms with E-state index in [1.165, 1.54) is 5.57 Å². The number of hydrogen-bond acceptors (Lipinski definition) is 3. The molecule has 6 unspecified atom stereocenters. The predicted octanol–water partition coefficient (Wildman–Crippen LogP) is 4.15. The van der Waals surface area contributed by atoms with Gasteiger partial charge in [-0.3, -0.25) is 14.4 Å². The molecule has 0 spiro atoms. The summed E-state index contributed by atoms with van der Waals surface area (Å²) < 4.78 is 0. The lowest BCUT2D eigenvalue weighted by atomic mass is 9.45. The normalized spacial score (nSPS) is 49.1. The number of ketones is 3. The average molecular weight is 342 g/mol. The fraction of sp³-hybridized carbons (Fsp3) is 0.773. The maximum atomic E-state index is 13.4. The van der Waals surface area contributed by atoms with E-state index in [9.17, 15) is 14.4 Å². The van der Waals surface area contributed by atoms with Crippen molar-refractivity contribution in [1.29, 1.82) is 0 Å². The van der Waals surface area contributed by atoms with Gasteiger partial charge < -0.3 is 0 Å². The number of allylic oxidation sites excluding steroid dienone is 1. The molecule has 3 fully saturated rings. The first-order valence-corrected chi connectivity index (χ1v) is 9.96. The molecule has 0 amide bonds. The number of carbonyl (C=O) groups excluding carboxylic acids is 3. The first kappa shape index (κ1) is 17.2. The van der Waals surface area contributed by atoms with Gasteiger partial charge in [-0.05, 0) is 67.3 Å². The third-order valence-corrected chi connectivity index (χ3v) is 8.46. The average Bonchev–Trinajstić information content (AvgIpc) is 2.85. The maximum absolute atomic E-state index is 13.4. The summed E-state index contributed by atoms with van der Waals surface area (Å²) in [7, 11) is 0. The molecule has 0 aliphatic heterocycles. The molecule has 3 heteroatoms. The summed E-state index contributed by atoms with van der Waals surface area (Å²) >= 11 is 0. The summed E-state index contributed by atoms with van der Waals surface area (Å²) in [6, 6.07) is 0. The molecule has 0 heterocycles. The van der Waals surface area contributed by atoms with E-state index >= 15 is 0 Å². The summed E-state index contributed by atoms with van der Waals surface area (Å²) in [4.78, 5) is 37.6. The molecular formula is C22H30O3. The number of carbonyl (C=O) groups is 3. The van der Waals surface area contributed by atoms with Crippen molar-refractivity contribution in [3.63, 3.8) is 0 Å². The SMILES string of the molecule is CC(=O)C1CCC2C3C[C@H](C)C4=CC(=O)CCC4(C)C3C(=O)CC12C. The van der Waals surface area contributed by atoms with E-state index in [1.54, 1.807) is 6.92 Å². The molecular weight excluding hydrogens is 312 g/mol. The number of fused-ring (bicyclic) bond motifs is 5. The molecule has 136 valence electrons. The lowest BCUT2D eigenvalue weighted by Crippen LogP contribution is -2.56. The van der Waals surface area contributed by atoms with Crippen LogP contribution in [0.25, 0.3) is 0 Å². The molecule has 3 nitrogen and oxygen atoms in total. The summed E-state index contributed by atoms with van der Waals surface area (Å²) in [6.45, 7) is 8.37. The fourth-order valence-electron chi connectivity index (χ4n) is 7.49. The van der Waals surface area contributed by atoms with Gasteiger partial charge in [0.1, 0.15) is 11.6 Å². The summed E-state index contributed by atoms with van der Waals surface area (Å²) in [5.41, 5.74) is 0.928. The van der Waals surface area contributed by atoms with Crippen molar-refractivity contribution in [2.45, 2.75) is 66.2 Å². The minimum absolute atomic E-state index is 0.0480. The Bertz CT molecular complexity index is 689. The quantitative estimate of drug-likeness (QED) is 0.719. The van der Waals surface area contributed by atoms with Gasteiger partial charge in [-0.1, -0.05) is 26.3 Å². The van der Waals surface area contributed by atoms with Crippen LogP contribution in [0.4, 0.5) is 0 Å². The molecule has 0 saturated heterocycles. The minimum atomic E-state index is -0.150. The minimum Gasteiger partial charge on any atom is -0.300 e. The lowest BCUT2D eigenvalue weighted by molar-refractivity contribution is -0.149. The number of rotatable bonds is 1. The van der Waals surface area contributed by atoms with Crippen molar-refractivity contribution in [3.05, 3.63) is 11.6 Å². The molecule has 0 aromatic rings. The Kier molecular flexibility index (Phi) is 3.69. The second kappa shape index (κ2) is 5.37. The van der Waals surface area contributed by atoms with Crippen LogP contribution in [0.2, 0.25) is 0 Å². The Labute approximate surface area is 150 Å². The molecule has 4 rings (SSSR count). The van der Waals surface area contributed by atoms with Crippen LogP contribution in [0, 0.1) is 40.4 Å². The van der Waals surface area contributed by atoms with Gasteiger partial charge in [-0.25, -0.2) is 0 Å². The third-order valence-electron chi connectivity index (χ3n) is 8.46. The van der Waals surface area contributed by atoms with E-state index in [1.807, 2.05) is 6.08 Å². The summed E-state index contributed by atoms with van der Waals surface area (Å²) in [6.07, 6.45) is 6.81. The zero-order chi connectivity index (χ0) is 18.1. The van der Waals surface area contributed by atoms with Gasteiger partial charge in [0.05, 0.1) is 0 Å². The maximum Gasteiger partial charge on any atom is 0.155 e. The van der Waals surface area contributed by atoms with Gasteiger partial charge >= 0.3 is 0 Å². The van der Waals surface area contributed by atoms with Crippen molar-refractivity contribution in [3.8, 4) is 0 Å². The van der Waals surface area contributed by atoms with Crippen LogP contribution in [0.15, 0.2) is 11.6 Å². The Morgan fingerprint density at radius 1 is 1.20 bits per heavy atom. The zero-order valence-electron chi connectivity index (χ0n) is 15.9. The summed E-state index contributed by atoms with van der Waals surface area (Å²) in [5, 5.41) is 0. The van der Waals surface area contributed by atoms with Crippen LogP contribution in [0.1, 0.15) is 66.2 Å². The van der Waals surface area contributed by atoms with Gasteiger partial charge in [-0.2, -0.15) is 0 Å². The highest BCUT2D eigenvalue weighted by Gasteiger charge is 2.63. The molecule has 0 N–H and O–H groups in total. The zero-order valence-corrected chi connectivity index (χ0v) is 15.9. The van der Waals surface area contributed by atoms with Crippen LogP contribution >= 0.6 is 0 Å². The van der Waals surface area contributed by atoms with E-state index in [0.29, 0.717) is 36.4 Å². The van der Waals surface area contributed by atoms with E-state index in [2.05, 4.69) is 20.8 Å². The molecule has 0 radical (unpaired) electrons. The molecule has 0 bridgehead atoms. The predicted molar refractivity (Wildman–Crippen MR) is 95.8 cm³/mol. The molecule has 0 aromatic carbocycles. The molecule has 4 aliphatic rings. The van der Waals surface area contributed by atoms with Gasteiger partial charge in [0.25, 0.3) is 0 Å². The van der Waals surface area contributed by atoms with Crippen LogP contribution in [0.3, 0.4) is 0 Å². The monoisotopic (exact) mass is 342 g/mol. The van der Waals surface area contributed by atoms with Crippen LogP contribution in [0.5, 0.6) is 0 Å². The smallest absolute Gasteiger partial charge is 0.155 e. The lowest BCUT2D eigenvalue weighted by Gasteiger charge is -2.58. The standard InChI is InChI=1S/C22H30O3/c1-12-9-15-17-6-5-16(13(2)23)22(17,4)11-19(25)20(15)21(3)8-7-14(24)10-18(12)21/h10,12,15-17,20H,5-9,11H2,1-4H3/t12-,15?,16?,17?,20?,21?,22?/m0/s1. The van der Waals surface area contributed by atoms with E-state index in [-0.39, 0.29) is 34.2 Å². The Morgan fingerprint density at radius 2 is 1.92 bits per heavy atom. The third kappa shape index (κ3) is 2.20. The second-order valence-corrected chi connectivity index (χ2v) is 9.76. The highest BCUT2D eigenvalue weighted by Crippen LogP contribution is 2.66. The van der Waals surface area contributed by atoms with Gasteiger partial charge in [0.2, 0.25) is 0 Å². The Morgan fingerprint density at radius 3 is 2.60 bits per heavy atom. The van der Waals surface area contributed by atoms with Crippen LogP contribution < -0.4 is 0 Å². The van der Waals surface area contributed by atoms with Gasteiger partial charge in [0, 0.05) is 24.7 Å². The Hall–Kier alpha value is -1.25. The van der Waals surface area contributed by atoms with Crippen molar-refractivity contribution >= 4 is 17.3 Å². The topological polar surface area (TPSA) is 51.2 Å². The van der Waals surface area contributed by atoms with Crippen molar-refractivity contribution in [1.82, 2.24) is 0 Å². The van der Waals surface area contributed by atoms with Crippen molar-refractivity contribution in [2.24, 2.45) is 40.4 Å². The molecule has 7 atom stereocenters. The van der Waals surface area contributed by atoms with Gasteiger partial charge in [-0.15, -0.1) is 0 Å². The first-order chi connectivity index (χ1) is 11.7. The highest BCUT2D eigenvalue weighted by molar-refractivity contribution is 5.93. The fourth-order valence-corrected chi connectivity index (χ4v) is 7.49. The molecule has 0 aromatic heterocycles. The van der Waals surface area contributed by atoms with Crippen molar-refractivity contribution in [2.75, 3.05) is 0 Å². The second-order valence-electron chi connectivity index (χ2n) is 9.76. The van der Waals surface area contributed by atoms with Gasteiger partial charge in [0.15, 0.2) is 5.78 Å². The number of hydrogen-bond donors (Lipinski definition) is 0. The van der Waals surface area contributed by atoms with Crippen LogP contribution in [-0.4, -0.2) is 17.3 Å². The number of Topliss-reactive ketones (excluding diaryl/α,β-unsaturated/α-hetero) is 2. The van der Waals surface area contributed by atoms with Crippen LogP contribution in [-0.2, 0) is 14.4 Å². The Balaban J connectivity index is 1.77. The molecule has 3 saturated carbocycles. The largest absolute Gasteiger partial charge is 0.300 e.